The van der Waals surface area contributed by atoms with Gasteiger partial charge in [-0.05, 0) is 24.6 Å². The van der Waals surface area contributed by atoms with Gasteiger partial charge in [-0.1, -0.05) is 37.3 Å². The van der Waals surface area contributed by atoms with Gasteiger partial charge in [0.25, 0.3) is 0 Å². The highest BCUT2D eigenvalue weighted by Gasteiger charge is 2.16. The number of nitrogens with zero attached hydrogens (tertiary/aromatic N) is 2. The standard InChI is InChI=1S/C19H27N5O2S.HI/c1-15(17-8-5-4-6-9-17)16(2)24-19(20-3)22-12-13-23-27(25,26)18-10-7-11-21-14-18;/h4-11,14-16,23H,12-13H2,1-3H3,(H2,20,22,24);1H. The van der Waals surface area contributed by atoms with Crippen molar-refractivity contribution in [2.75, 3.05) is 20.1 Å². The summed E-state index contributed by atoms with van der Waals surface area (Å²) >= 11 is 0. The molecule has 0 saturated heterocycles. The molecule has 0 amide bonds. The number of aromatic nitrogens is 1. The first-order valence-electron chi connectivity index (χ1n) is 8.86. The molecule has 154 valence electrons. The zero-order valence-corrected chi connectivity index (χ0v) is 19.4. The molecule has 28 heavy (non-hydrogen) atoms. The normalized spacial score (nSPS) is 13.9. The maximum absolute atomic E-state index is 12.1. The van der Waals surface area contributed by atoms with Gasteiger partial charge in [0, 0.05) is 44.5 Å². The van der Waals surface area contributed by atoms with Gasteiger partial charge in [0.15, 0.2) is 5.96 Å². The predicted octanol–water partition coefficient (Wildman–Crippen LogP) is 2.34. The fourth-order valence-electron chi connectivity index (χ4n) is 2.54. The van der Waals surface area contributed by atoms with Gasteiger partial charge in [-0.3, -0.25) is 9.98 Å². The number of sulfonamides is 1. The van der Waals surface area contributed by atoms with E-state index >= 15 is 0 Å². The third-order valence-corrected chi connectivity index (χ3v) is 5.76. The molecular weight excluding hydrogens is 489 g/mol. The van der Waals surface area contributed by atoms with E-state index in [2.05, 4.69) is 51.3 Å². The van der Waals surface area contributed by atoms with Gasteiger partial charge in [0.05, 0.1) is 0 Å². The number of rotatable bonds is 8. The van der Waals surface area contributed by atoms with Crippen LogP contribution < -0.4 is 15.4 Å². The maximum atomic E-state index is 12.1. The Kier molecular flexibility index (Phi) is 10.4. The van der Waals surface area contributed by atoms with Crippen LogP contribution in [-0.4, -0.2) is 45.5 Å². The molecule has 3 N–H and O–H groups in total. The number of hydrogen-bond donors (Lipinski definition) is 3. The van der Waals surface area contributed by atoms with Crippen LogP contribution >= 0.6 is 24.0 Å². The first-order chi connectivity index (χ1) is 12.9. The molecule has 0 aliphatic carbocycles. The zero-order valence-electron chi connectivity index (χ0n) is 16.3. The highest BCUT2D eigenvalue weighted by molar-refractivity contribution is 14.0. The number of halogens is 1. The molecule has 0 fully saturated rings. The maximum Gasteiger partial charge on any atom is 0.242 e. The lowest BCUT2D eigenvalue weighted by atomic mass is 9.94. The minimum atomic E-state index is -3.55. The fourth-order valence-corrected chi connectivity index (χ4v) is 3.53. The monoisotopic (exact) mass is 517 g/mol. The first kappa shape index (κ1) is 24.3. The molecule has 7 nitrogen and oxygen atoms in total. The quantitative estimate of drug-likeness (QED) is 0.216. The van der Waals surface area contributed by atoms with Crippen molar-refractivity contribution in [3.05, 3.63) is 60.4 Å². The second-order valence-electron chi connectivity index (χ2n) is 6.22. The van der Waals surface area contributed by atoms with Crippen LogP contribution in [0.4, 0.5) is 0 Å². The first-order valence-corrected chi connectivity index (χ1v) is 10.3. The molecular formula is C19H28IN5O2S. The third-order valence-electron chi connectivity index (χ3n) is 4.32. The molecule has 1 aromatic carbocycles. The Hall–Kier alpha value is -1.72. The minimum Gasteiger partial charge on any atom is -0.355 e. The highest BCUT2D eigenvalue weighted by Crippen LogP contribution is 2.18. The lowest BCUT2D eigenvalue weighted by Gasteiger charge is -2.24. The smallest absolute Gasteiger partial charge is 0.242 e. The third kappa shape index (κ3) is 7.36. The topological polar surface area (TPSA) is 95.5 Å². The second kappa shape index (κ2) is 12.0. The molecule has 0 radical (unpaired) electrons. The summed E-state index contributed by atoms with van der Waals surface area (Å²) in [5.74, 6) is 0.930. The molecule has 0 aliphatic rings. The summed E-state index contributed by atoms with van der Waals surface area (Å²) < 4.78 is 26.8. The Morgan fingerprint density at radius 2 is 1.82 bits per heavy atom. The lowest BCUT2D eigenvalue weighted by molar-refractivity contribution is 0.549. The molecule has 1 heterocycles. The molecule has 0 saturated carbocycles. The number of hydrogen-bond acceptors (Lipinski definition) is 4. The van der Waals surface area contributed by atoms with Gasteiger partial charge in [-0.15, -0.1) is 24.0 Å². The van der Waals surface area contributed by atoms with E-state index in [1.807, 2.05) is 18.2 Å². The average molecular weight is 517 g/mol. The Morgan fingerprint density at radius 3 is 2.43 bits per heavy atom. The summed E-state index contributed by atoms with van der Waals surface area (Å²) in [4.78, 5) is 8.19. The van der Waals surface area contributed by atoms with Crippen molar-refractivity contribution in [2.45, 2.75) is 30.7 Å². The van der Waals surface area contributed by atoms with E-state index in [0.29, 0.717) is 18.4 Å². The predicted molar refractivity (Wildman–Crippen MR) is 124 cm³/mol. The van der Waals surface area contributed by atoms with Crippen LogP contribution in [0.15, 0.2) is 64.7 Å². The zero-order chi connectivity index (χ0) is 19.7. The molecule has 2 rings (SSSR count). The van der Waals surface area contributed by atoms with Crippen LogP contribution in [0.1, 0.15) is 25.3 Å². The molecule has 0 aliphatic heterocycles. The van der Waals surface area contributed by atoms with Crippen molar-refractivity contribution in [1.29, 1.82) is 0 Å². The van der Waals surface area contributed by atoms with Gasteiger partial charge >= 0.3 is 0 Å². The van der Waals surface area contributed by atoms with Crippen LogP contribution in [0, 0.1) is 0 Å². The van der Waals surface area contributed by atoms with Crippen molar-refractivity contribution >= 4 is 40.0 Å². The van der Waals surface area contributed by atoms with E-state index in [1.165, 1.54) is 24.0 Å². The van der Waals surface area contributed by atoms with Crippen molar-refractivity contribution in [2.24, 2.45) is 4.99 Å². The van der Waals surface area contributed by atoms with Gasteiger partial charge in [0.2, 0.25) is 10.0 Å². The van der Waals surface area contributed by atoms with E-state index in [1.54, 1.807) is 13.1 Å². The van der Waals surface area contributed by atoms with Crippen LogP contribution in [-0.2, 0) is 10.0 Å². The lowest BCUT2D eigenvalue weighted by Crippen LogP contribution is -2.46. The molecule has 2 atom stereocenters. The fraction of sp³-hybridized carbons (Fsp3) is 0.368. The van der Waals surface area contributed by atoms with Crippen LogP contribution in [0.2, 0.25) is 0 Å². The van der Waals surface area contributed by atoms with Crippen molar-refractivity contribution in [1.82, 2.24) is 20.3 Å². The molecule has 2 unspecified atom stereocenters. The SMILES string of the molecule is CN=C(NCCNS(=O)(=O)c1cccnc1)NC(C)C(C)c1ccccc1.I. The minimum absolute atomic E-state index is 0. The van der Waals surface area contributed by atoms with Crippen molar-refractivity contribution in [3.8, 4) is 0 Å². The number of guanidine groups is 1. The van der Waals surface area contributed by atoms with E-state index in [0.717, 1.165) is 0 Å². The Labute approximate surface area is 184 Å². The van der Waals surface area contributed by atoms with E-state index in [4.69, 9.17) is 0 Å². The van der Waals surface area contributed by atoms with Crippen LogP contribution in [0.5, 0.6) is 0 Å². The summed E-state index contributed by atoms with van der Waals surface area (Å²) in [6.07, 6.45) is 2.86. The molecule has 0 bridgehead atoms. The van der Waals surface area contributed by atoms with Gasteiger partial charge < -0.3 is 10.6 Å². The molecule has 2 aromatic rings. The summed E-state index contributed by atoms with van der Waals surface area (Å²) in [6.45, 7) is 4.89. The highest BCUT2D eigenvalue weighted by atomic mass is 127. The number of aliphatic imine (C=N–C) groups is 1. The molecule has 9 heteroatoms. The van der Waals surface area contributed by atoms with E-state index in [-0.39, 0.29) is 41.5 Å². The Morgan fingerprint density at radius 1 is 1.11 bits per heavy atom. The largest absolute Gasteiger partial charge is 0.355 e. The van der Waals surface area contributed by atoms with Gasteiger partial charge in [-0.2, -0.15) is 0 Å². The van der Waals surface area contributed by atoms with E-state index in [9.17, 15) is 8.42 Å². The summed E-state index contributed by atoms with van der Waals surface area (Å²) in [5.41, 5.74) is 1.25. The molecule has 0 spiro atoms. The number of benzene rings is 1. The Balaban J connectivity index is 0.00000392. The summed E-state index contributed by atoms with van der Waals surface area (Å²) in [6, 6.07) is 13.5. The van der Waals surface area contributed by atoms with Crippen molar-refractivity contribution < 1.29 is 8.42 Å². The van der Waals surface area contributed by atoms with Crippen molar-refractivity contribution in [3.63, 3.8) is 0 Å². The summed E-state index contributed by atoms with van der Waals surface area (Å²) in [5, 5.41) is 6.47. The average Bonchev–Trinajstić information content (AvgIpc) is 2.70. The summed E-state index contributed by atoms with van der Waals surface area (Å²) in [7, 11) is -1.86. The van der Waals surface area contributed by atoms with Crippen LogP contribution in [0.25, 0.3) is 0 Å². The van der Waals surface area contributed by atoms with Gasteiger partial charge in [-0.25, -0.2) is 13.1 Å². The number of pyridine rings is 1. The van der Waals surface area contributed by atoms with Gasteiger partial charge in [0.1, 0.15) is 4.90 Å². The second-order valence-corrected chi connectivity index (χ2v) is 7.98. The number of nitrogens with one attached hydrogen (secondary N) is 3. The van der Waals surface area contributed by atoms with E-state index < -0.39 is 10.0 Å². The Bertz CT molecular complexity index is 832. The van der Waals surface area contributed by atoms with Crippen LogP contribution in [0.3, 0.4) is 0 Å². The molecule has 1 aromatic heterocycles.